The lowest BCUT2D eigenvalue weighted by Gasteiger charge is -2.33. The second-order valence-corrected chi connectivity index (χ2v) is 7.54. The molecular formula is C22H25N5O. The smallest absolute Gasteiger partial charge is 0.254 e. The molecule has 6 heteroatoms. The first-order chi connectivity index (χ1) is 13.5. The Hall–Kier alpha value is -3.15. The van der Waals surface area contributed by atoms with Gasteiger partial charge in [-0.05, 0) is 30.7 Å². The fourth-order valence-corrected chi connectivity index (χ4v) is 3.77. The molecule has 1 aromatic heterocycles. The summed E-state index contributed by atoms with van der Waals surface area (Å²) < 4.78 is 2.19. The van der Waals surface area contributed by atoms with Gasteiger partial charge in [-0.15, -0.1) is 10.2 Å². The first kappa shape index (κ1) is 18.2. The van der Waals surface area contributed by atoms with Crippen molar-refractivity contribution in [3.8, 4) is 0 Å². The van der Waals surface area contributed by atoms with Crippen LogP contribution in [0, 0.1) is 0 Å². The van der Waals surface area contributed by atoms with Crippen LogP contribution in [0.2, 0.25) is 0 Å². The van der Waals surface area contributed by atoms with Crippen molar-refractivity contribution in [1.29, 1.82) is 0 Å². The van der Waals surface area contributed by atoms with Crippen LogP contribution in [0.1, 0.15) is 40.5 Å². The van der Waals surface area contributed by atoms with Crippen LogP contribution in [0.5, 0.6) is 0 Å². The summed E-state index contributed by atoms with van der Waals surface area (Å²) in [6.07, 6.45) is 0.747. The zero-order valence-electron chi connectivity index (χ0n) is 16.5. The van der Waals surface area contributed by atoms with Crippen LogP contribution in [0.4, 0.5) is 5.69 Å². The zero-order valence-corrected chi connectivity index (χ0v) is 16.5. The number of carbonyl (C=O) groups is 1. The maximum Gasteiger partial charge on any atom is 0.254 e. The Morgan fingerprint density at radius 1 is 1.11 bits per heavy atom. The van der Waals surface area contributed by atoms with Gasteiger partial charge in [0.15, 0.2) is 5.82 Å². The molecule has 0 unspecified atom stereocenters. The second-order valence-electron chi connectivity index (χ2n) is 7.54. The molecule has 1 amide bonds. The van der Waals surface area contributed by atoms with Crippen LogP contribution >= 0.6 is 0 Å². The van der Waals surface area contributed by atoms with E-state index in [9.17, 15) is 4.79 Å². The van der Waals surface area contributed by atoms with Gasteiger partial charge in [0.1, 0.15) is 5.82 Å². The molecule has 1 aliphatic rings. The van der Waals surface area contributed by atoms with Gasteiger partial charge in [0.05, 0.1) is 12.6 Å². The fraction of sp³-hybridized carbons (Fsp3) is 0.318. The lowest BCUT2D eigenvalue weighted by molar-refractivity contribution is 0.0680. The summed E-state index contributed by atoms with van der Waals surface area (Å²) in [7, 11) is 3.95. The van der Waals surface area contributed by atoms with Gasteiger partial charge < -0.3 is 14.4 Å². The lowest BCUT2D eigenvalue weighted by Crippen LogP contribution is -2.40. The summed E-state index contributed by atoms with van der Waals surface area (Å²) in [6.45, 7) is 3.26. The molecule has 0 N–H and O–H groups in total. The number of carbonyl (C=O) groups excluding carboxylic acids is 1. The number of nitrogens with zero attached hydrogens (tertiary/aromatic N) is 5. The first-order valence-electron chi connectivity index (χ1n) is 9.56. The summed E-state index contributed by atoms with van der Waals surface area (Å²) in [5.41, 5.74) is 2.93. The molecule has 2 aromatic carbocycles. The van der Waals surface area contributed by atoms with Gasteiger partial charge >= 0.3 is 0 Å². The van der Waals surface area contributed by atoms with E-state index in [4.69, 9.17) is 0 Å². The van der Waals surface area contributed by atoms with E-state index in [-0.39, 0.29) is 11.9 Å². The molecule has 0 bridgehead atoms. The minimum atomic E-state index is 0.0365. The maximum absolute atomic E-state index is 13.1. The van der Waals surface area contributed by atoms with Crippen LogP contribution in [0.15, 0.2) is 54.6 Å². The van der Waals surface area contributed by atoms with Crippen molar-refractivity contribution in [2.75, 3.05) is 25.5 Å². The lowest BCUT2D eigenvalue weighted by atomic mass is 10.1. The van der Waals surface area contributed by atoms with E-state index < -0.39 is 0 Å². The van der Waals surface area contributed by atoms with Crippen LogP contribution in [-0.2, 0) is 13.0 Å². The highest BCUT2D eigenvalue weighted by atomic mass is 16.2. The highest BCUT2D eigenvalue weighted by molar-refractivity contribution is 5.95. The Morgan fingerprint density at radius 3 is 2.64 bits per heavy atom. The van der Waals surface area contributed by atoms with E-state index in [0.29, 0.717) is 18.7 Å². The number of rotatable bonds is 4. The minimum absolute atomic E-state index is 0.0365. The Labute approximate surface area is 165 Å². The van der Waals surface area contributed by atoms with Crippen LogP contribution in [0.25, 0.3) is 0 Å². The summed E-state index contributed by atoms with van der Waals surface area (Å²) in [6, 6.07) is 18.2. The highest BCUT2D eigenvalue weighted by Crippen LogP contribution is 2.25. The van der Waals surface area contributed by atoms with Gasteiger partial charge in [-0.3, -0.25) is 4.79 Å². The third-order valence-corrected chi connectivity index (χ3v) is 5.20. The Morgan fingerprint density at radius 2 is 1.89 bits per heavy atom. The van der Waals surface area contributed by atoms with Crippen LogP contribution in [0.3, 0.4) is 0 Å². The van der Waals surface area contributed by atoms with Crippen molar-refractivity contribution in [2.45, 2.75) is 25.9 Å². The van der Waals surface area contributed by atoms with E-state index in [1.54, 1.807) is 0 Å². The summed E-state index contributed by atoms with van der Waals surface area (Å²) >= 11 is 0. The van der Waals surface area contributed by atoms with Crippen molar-refractivity contribution < 1.29 is 4.79 Å². The molecule has 1 atom stereocenters. The molecule has 0 fully saturated rings. The SMILES string of the molecule is C[C@H]1CN(C(=O)c2cccc(N(C)C)c2)Cc2nnc(Cc3ccccc3)n21. The Kier molecular flexibility index (Phi) is 4.86. The van der Waals surface area contributed by atoms with E-state index in [2.05, 4.69) is 33.8 Å². The quantitative estimate of drug-likeness (QED) is 0.703. The average Bonchev–Trinajstić information content (AvgIpc) is 3.11. The van der Waals surface area contributed by atoms with Crippen molar-refractivity contribution in [3.63, 3.8) is 0 Å². The van der Waals surface area contributed by atoms with Crippen molar-refractivity contribution in [3.05, 3.63) is 77.4 Å². The molecule has 0 saturated heterocycles. The maximum atomic E-state index is 13.1. The molecule has 4 rings (SSSR count). The Balaban J connectivity index is 1.56. The number of aromatic nitrogens is 3. The predicted molar refractivity (Wildman–Crippen MR) is 109 cm³/mol. The molecule has 144 valence electrons. The molecular weight excluding hydrogens is 350 g/mol. The zero-order chi connectivity index (χ0) is 19.7. The monoisotopic (exact) mass is 375 g/mol. The normalized spacial score (nSPS) is 16.0. The highest BCUT2D eigenvalue weighted by Gasteiger charge is 2.29. The van der Waals surface area contributed by atoms with E-state index >= 15 is 0 Å². The number of hydrogen-bond donors (Lipinski definition) is 0. The van der Waals surface area contributed by atoms with E-state index in [1.165, 1.54) is 5.56 Å². The first-order valence-corrected chi connectivity index (χ1v) is 9.56. The molecule has 1 aliphatic heterocycles. The number of anilines is 1. The predicted octanol–water partition coefficient (Wildman–Crippen LogP) is 3.15. The fourth-order valence-electron chi connectivity index (χ4n) is 3.77. The van der Waals surface area contributed by atoms with Gasteiger partial charge in [-0.1, -0.05) is 36.4 Å². The standard InChI is InChI=1S/C22H25N5O/c1-16-14-26(22(28)18-10-7-11-19(13-18)25(2)3)15-21-24-23-20(27(16)21)12-17-8-5-4-6-9-17/h4-11,13,16H,12,14-15H2,1-3H3/t16-/m0/s1. The third-order valence-electron chi connectivity index (χ3n) is 5.20. The van der Waals surface area contributed by atoms with Crippen molar-refractivity contribution >= 4 is 11.6 Å². The Bertz CT molecular complexity index is 980. The third kappa shape index (κ3) is 3.50. The van der Waals surface area contributed by atoms with Gasteiger partial charge in [-0.2, -0.15) is 0 Å². The number of fused-ring (bicyclic) bond motifs is 1. The number of amides is 1. The average molecular weight is 375 g/mol. The minimum Gasteiger partial charge on any atom is -0.378 e. The van der Waals surface area contributed by atoms with E-state index in [0.717, 1.165) is 23.8 Å². The van der Waals surface area contributed by atoms with E-state index in [1.807, 2.05) is 66.4 Å². The molecule has 6 nitrogen and oxygen atoms in total. The molecule has 28 heavy (non-hydrogen) atoms. The topological polar surface area (TPSA) is 54.3 Å². The second kappa shape index (κ2) is 7.46. The number of benzene rings is 2. The summed E-state index contributed by atoms with van der Waals surface area (Å²) in [4.78, 5) is 17.0. The van der Waals surface area contributed by atoms with Gasteiger partial charge in [-0.25, -0.2) is 0 Å². The number of hydrogen-bond acceptors (Lipinski definition) is 4. The largest absolute Gasteiger partial charge is 0.378 e. The van der Waals surface area contributed by atoms with Crippen LogP contribution in [-0.4, -0.2) is 46.2 Å². The van der Waals surface area contributed by atoms with Crippen LogP contribution < -0.4 is 4.90 Å². The molecule has 0 spiro atoms. The van der Waals surface area contributed by atoms with Crippen molar-refractivity contribution in [2.24, 2.45) is 0 Å². The van der Waals surface area contributed by atoms with Gasteiger partial charge in [0.25, 0.3) is 5.91 Å². The van der Waals surface area contributed by atoms with Gasteiger partial charge in [0, 0.05) is 38.3 Å². The molecule has 0 radical (unpaired) electrons. The summed E-state index contributed by atoms with van der Waals surface area (Å²) in [5.74, 6) is 1.84. The van der Waals surface area contributed by atoms with Crippen molar-refractivity contribution in [1.82, 2.24) is 19.7 Å². The summed E-state index contributed by atoms with van der Waals surface area (Å²) in [5, 5.41) is 8.80. The molecule has 0 aliphatic carbocycles. The molecule has 3 aromatic rings. The molecule has 0 saturated carbocycles. The van der Waals surface area contributed by atoms with Gasteiger partial charge in [0.2, 0.25) is 0 Å². The molecule has 2 heterocycles.